The van der Waals surface area contributed by atoms with Gasteiger partial charge in [0.1, 0.15) is 19.0 Å². The third kappa shape index (κ3) is 6.27. The highest BCUT2D eigenvalue weighted by Crippen LogP contribution is 2.44. The Hall–Kier alpha value is -1.89. The number of non-ortho nitro benzene ring substituents is 1. The van der Waals surface area contributed by atoms with Crippen LogP contribution in [0.25, 0.3) is 0 Å². The topological polar surface area (TPSA) is 116 Å². The van der Waals surface area contributed by atoms with Crippen LogP contribution in [0.3, 0.4) is 0 Å². The number of ether oxygens (including phenoxy) is 5. The second kappa shape index (κ2) is 10.2. The van der Waals surface area contributed by atoms with E-state index in [0.717, 1.165) is 0 Å². The van der Waals surface area contributed by atoms with Gasteiger partial charge in [0.25, 0.3) is 5.69 Å². The fraction of sp³-hybridized carbons (Fsp3) is 0.708. The molecule has 2 fully saturated rings. The number of fused-ring (bicyclic) bond motifs is 1. The predicted molar refractivity (Wildman–Crippen MR) is 130 cm³/mol. The van der Waals surface area contributed by atoms with E-state index >= 15 is 0 Å². The van der Waals surface area contributed by atoms with Crippen LogP contribution < -0.4 is 0 Å². The number of rotatable bonds is 8. The highest BCUT2D eigenvalue weighted by atomic mass is 28.4. The van der Waals surface area contributed by atoms with Crippen LogP contribution in [0, 0.1) is 10.1 Å². The summed E-state index contributed by atoms with van der Waals surface area (Å²) in [5, 5.41) is 10.9. The number of esters is 1. The highest BCUT2D eigenvalue weighted by Gasteiger charge is 2.58. The van der Waals surface area contributed by atoms with Crippen LogP contribution >= 0.6 is 0 Å². The standard InChI is InChI=1S/C24H37NO9Si/c1-23(2,3)35(7,8)34-18-13-17(30-14-29-6)20-21(33-24(4,5)32-20)19(18)31-22(26)15-9-11-16(12-10-15)25(27)28/h9-12,17-21H,13-14H2,1-8H3/t17-,18-,19-,20-,21+/m0/s1. The number of nitro benzene ring substituents is 1. The van der Waals surface area contributed by atoms with E-state index in [1.807, 2.05) is 0 Å². The van der Waals surface area contributed by atoms with Crippen LogP contribution in [0.4, 0.5) is 5.69 Å². The van der Waals surface area contributed by atoms with Crippen LogP contribution in [-0.4, -0.2) is 69.4 Å². The third-order valence-electron chi connectivity index (χ3n) is 6.89. The average molecular weight is 512 g/mol. The number of nitrogens with zero attached hydrogens (tertiary/aromatic N) is 1. The van der Waals surface area contributed by atoms with Gasteiger partial charge < -0.3 is 28.1 Å². The van der Waals surface area contributed by atoms with Gasteiger partial charge >= 0.3 is 5.97 Å². The molecule has 1 saturated heterocycles. The lowest BCUT2D eigenvalue weighted by atomic mass is 9.87. The van der Waals surface area contributed by atoms with Gasteiger partial charge in [-0.05, 0) is 44.1 Å². The molecule has 0 unspecified atom stereocenters. The maximum absolute atomic E-state index is 13.1. The molecular weight excluding hydrogens is 474 g/mol. The van der Waals surface area contributed by atoms with E-state index in [9.17, 15) is 14.9 Å². The SMILES string of the molecule is COCO[C@H]1C[C@H](O[Si](C)(C)C(C)(C)C)[C@H](OC(=O)c2ccc([N+](=O)[O-])cc2)[C@H]2OC(C)(C)O[C@H]21. The van der Waals surface area contributed by atoms with Gasteiger partial charge in [-0.2, -0.15) is 0 Å². The minimum atomic E-state index is -2.27. The van der Waals surface area contributed by atoms with Crippen LogP contribution in [0.15, 0.2) is 24.3 Å². The molecule has 1 saturated carbocycles. The first-order valence-corrected chi connectivity index (χ1v) is 14.7. The Morgan fingerprint density at radius 3 is 2.29 bits per heavy atom. The van der Waals surface area contributed by atoms with Crippen molar-refractivity contribution >= 4 is 20.0 Å². The summed E-state index contributed by atoms with van der Waals surface area (Å²) in [6.45, 7) is 14.4. The van der Waals surface area contributed by atoms with Crippen molar-refractivity contribution in [3.63, 3.8) is 0 Å². The van der Waals surface area contributed by atoms with Gasteiger partial charge in [-0.1, -0.05) is 20.8 Å². The number of carbonyl (C=O) groups excluding carboxylic acids is 1. The van der Waals surface area contributed by atoms with E-state index < -0.39 is 49.4 Å². The molecule has 1 aliphatic carbocycles. The molecule has 0 radical (unpaired) electrons. The summed E-state index contributed by atoms with van der Waals surface area (Å²) >= 11 is 0. The molecule has 1 aliphatic heterocycles. The predicted octanol–water partition coefficient (Wildman–Crippen LogP) is 4.42. The second-order valence-electron chi connectivity index (χ2n) is 11.0. The molecule has 0 aromatic heterocycles. The molecule has 3 rings (SSSR count). The summed E-state index contributed by atoms with van der Waals surface area (Å²) in [5.41, 5.74) is 0.0972. The zero-order valence-corrected chi connectivity index (χ0v) is 22.7. The molecule has 0 N–H and O–H groups in total. The second-order valence-corrected chi connectivity index (χ2v) is 15.8. The van der Waals surface area contributed by atoms with Crippen molar-refractivity contribution in [2.45, 2.75) is 95.5 Å². The summed E-state index contributed by atoms with van der Waals surface area (Å²) in [6.07, 6.45) is -2.34. The van der Waals surface area contributed by atoms with Gasteiger partial charge in [0.15, 0.2) is 20.2 Å². The van der Waals surface area contributed by atoms with Crippen LogP contribution in [0.5, 0.6) is 0 Å². The molecule has 196 valence electrons. The molecule has 35 heavy (non-hydrogen) atoms. The molecule has 1 heterocycles. The molecular formula is C24H37NO9Si. The van der Waals surface area contributed by atoms with Gasteiger partial charge in [0, 0.05) is 25.7 Å². The fourth-order valence-corrected chi connectivity index (χ4v) is 5.45. The number of nitro groups is 1. The summed E-state index contributed by atoms with van der Waals surface area (Å²) in [7, 11) is -0.724. The number of methoxy groups -OCH3 is 1. The van der Waals surface area contributed by atoms with E-state index in [4.69, 9.17) is 28.1 Å². The molecule has 1 aromatic rings. The van der Waals surface area contributed by atoms with Crippen LogP contribution in [-0.2, 0) is 28.1 Å². The first-order valence-electron chi connectivity index (χ1n) is 11.7. The van der Waals surface area contributed by atoms with Crippen molar-refractivity contribution in [3.8, 4) is 0 Å². The Balaban J connectivity index is 1.92. The summed E-state index contributed by atoms with van der Waals surface area (Å²) in [5.74, 6) is -1.52. The zero-order chi connectivity index (χ0) is 26.2. The van der Waals surface area contributed by atoms with Gasteiger partial charge in [0.2, 0.25) is 0 Å². The summed E-state index contributed by atoms with van der Waals surface area (Å²) < 4.78 is 36.2. The Morgan fingerprint density at radius 1 is 1.14 bits per heavy atom. The molecule has 10 nitrogen and oxygen atoms in total. The number of carbonyl (C=O) groups is 1. The first kappa shape index (κ1) is 27.7. The van der Waals surface area contributed by atoms with E-state index in [2.05, 4.69) is 33.9 Å². The van der Waals surface area contributed by atoms with Crippen LogP contribution in [0.1, 0.15) is 51.4 Å². The first-order chi connectivity index (χ1) is 16.1. The lowest BCUT2D eigenvalue weighted by molar-refractivity contribution is -0.384. The largest absolute Gasteiger partial charge is 0.453 e. The molecule has 1 aromatic carbocycles. The monoisotopic (exact) mass is 511 g/mol. The maximum atomic E-state index is 13.1. The number of benzene rings is 1. The van der Waals surface area contributed by atoms with Crippen molar-refractivity contribution in [2.24, 2.45) is 0 Å². The normalized spacial score (nSPS) is 28.4. The molecule has 5 atom stereocenters. The Kier molecular flexibility index (Phi) is 8.09. The summed E-state index contributed by atoms with van der Waals surface area (Å²) in [4.78, 5) is 23.6. The smallest absolute Gasteiger partial charge is 0.338 e. The van der Waals surface area contributed by atoms with Crippen molar-refractivity contribution in [2.75, 3.05) is 13.9 Å². The van der Waals surface area contributed by atoms with E-state index in [1.165, 1.54) is 24.3 Å². The quantitative estimate of drug-likeness (QED) is 0.164. The minimum absolute atomic E-state index is 0.0774. The van der Waals surface area contributed by atoms with Gasteiger partial charge in [0.05, 0.1) is 22.7 Å². The molecule has 2 aliphatic rings. The maximum Gasteiger partial charge on any atom is 0.338 e. The van der Waals surface area contributed by atoms with E-state index in [-0.39, 0.29) is 29.2 Å². The zero-order valence-electron chi connectivity index (χ0n) is 21.7. The number of hydrogen-bond acceptors (Lipinski definition) is 9. The Labute approximate surface area is 207 Å². The van der Waals surface area contributed by atoms with Crippen LogP contribution in [0.2, 0.25) is 18.1 Å². The highest BCUT2D eigenvalue weighted by molar-refractivity contribution is 6.74. The lowest BCUT2D eigenvalue weighted by Crippen LogP contribution is -2.60. The Bertz CT molecular complexity index is 913. The molecule has 0 bridgehead atoms. The van der Waals surface area contributed by atoms with Crippen molar-refractivity contribution in [1.82, 2.24) is 0 Å². The minimum Gasteiger partial charge on any atom is -0.453 e. The number of hydrogen-bond donors (Lipinski definition) is 0. The Morgan fingerprint density at radius 2 is 1.74 bits per heavy atom. The van der Waals surface area contributed by atoms with Crippen molar-refractivity contribution in [3.05, 3.63) is 39.9 Å². The van der Waals surface area contributed by atoms with Crippen molar-refractivity contribution in [1.29, 1.82) is 0 Å². The average Bonchev–Trinajstić information content (AvgIpc) is 3.08. The van der Waals surface area contributed by atoms with Gasteiger partial charge in [-0.25, -0.2) is 4.79 Å². The fourth-order valence-electron chi connectivity index (χ4n) is 4.11. The molecule has 11 heteroatoms. The van der Waals surface area contributed by atoms with Crippen molar-refractivity contribution < 1.29 is 37.8 Å². The third-order valence-corrected chi connectivity index (χ3v) is 11.4. The van der Waals surface area contributed by atoms with E-state index in [0.29, 0.717) is 6.42 Å². The van der Waals surface area contributed by atoms with Gasteiger partial charge in [-0.15, -0.1) is 0 Å². The summed E-state index contributed by atoms with van der Waals surface area (Å²) in [6, 6.07) is 5.31. The molecule has 0 spiro atoms. The van der Waals surface area contributed by atoms with E-state index in [1.54, 1.807) is 21.0 Å². The van der Waals surface area contributed by atoms with Gasteiger partial charge in [-0.3, -0.25) is 10.1 Å². The molecule has 0 amide bonds. The lowest BCUT2D eigenvalue weighted by Gasteiger charge is -2.46.